The first-order chi connectivity index (χ1) is 6.68. The van der Waals surface area contributed by atoms with E-state index in [0.717, 1.165) is 10.9 Å². The molecule has 3 atom stereocenters. The lowest BCUT2D eigenvalue weighted by molar-refractivity contribution is 0.146. The number of hydrogen-bond acceptors (Lipinski definition) is 1. The molecular weight excluding hydrogens is 240 g/mol. The van der Waals surface area contributed by atoms with E-state index < -0.39 is 0 Å². The third kappa shape index (κ3) is 2.18. The molecule has 2 rings (SSSR count). The fraction of sp³-hybridized carbons (Fsp3) is 0.500. The molecule has 0 bridgehead atoms. The van der Waals surface area contributed by atoms with Crippen LogP contribution in [0.4, 0.5) is 0 Å². The van der Waals surface area contributed by atoms with Crippen LogP contribution in [-0.2, 0) is 6.42 Å². The lowest BCUT2D eigenvalue weighted by Crippen LogP contribution is -2.14. The van der Waals surface area contributed by atoms with Gasteiger partial charge in [0.15, 0.2) is 0 Å². The summed E-state index contributed by atoms with van der Waals surface area (Å²) in [5, 5.41) is 9.92. The van der Waals surface area contributed by atoms with Crippen molar-refractivity contribution in [3.63, 3.8) is 0 Å². The maximum atomic E-state index is 9.92. The highest BCUT2D eigenvalue weighted by molar-refractivity contribution is 9.10. The minimum atomic E-state index is -0.163. The summed E-state index contributed by atoms with van der Waals surface area (Å²) in [5.74, 6) is 1.24. The molecule has 0 saturated heterocycles. The van der Waals surface area contributed by atoms with Gasteiger partial charge in [0.25, 0.3) is 0 Å². The molecule has 1 aromatic rings. The minimum Gasteiger partial charge on any atom is -0.392 e. The van der Waals surface area contributed by atoms with Crippen molar-refractivity contribution in [1.82, 2.24) is 0 Å². The number of halogens is 1. The van der Waals surface area contributed by atoms with E-state index in [1.807, 2.05) is 18.2 Å². The molecule has 1 aliphatic rings. The largest absolute Gasteiger partial charge is 0.392 e. The molecule has 1 fully saturated rings. The second-order valence-corrected chi connectivity index (χ2v) is 5.09. The van der Waals surface area contributed by atoms with E-state index in [9.17, 15) is 5.11 Å². The summed E-state index contributed by atoms with van der Waals surface area (Å²) in [7, 11) is 0. The zero-order valence-corrected chi connectivity index (χ0v) is 9.87. The van der Waals surface area contributed by atoms with E-state index in [2.05, 4.69) is 28.9 Å². The van der Waals surface area contributed by atoms with Crippen LogP contribution in [-0.4, -0.2) is 11.2 Å². The molecule has 0 heterocycles. The summed E-state index contributed by atoms with van der Waals surface area (Å²) in [6.07, 6.45) is 1.80. The van der Waals surface area contributed by atoms with Crippen molar-refractivity contribution in [2.24, 2.45) is 11.8 Å². The highest BCUT2D eigenvalue weighted by atomic mass is 79.9. The Kier molecular flexibility index (Phi) is 2.93. The van der Waals surface area contributed by atoms with Crippen LogP contribution in [0.2, 0.25) is 0 Å². The van der Waals surface area contributed by atoms with Crippen LogP contribution in [0.25, 0.3) is 0 Å². The molecule has 14 heavy (non-hydrogen) atoms. The Morgan fingerprint density at radius 2 is 2.14 bits per heavy atom. The Morgan fingerprint density at radius 3 is 2.71 bits per heavy atom. The van der Waals surface area contributed by atoms with Gasteiger partial charge in [-0.3, -0.25) is 0 Å². The van der Waals surface area contributed by atoms with Crippen molar-refractivity contribution < 1.29 is 5.11 Å². The van der Waals surface area contributed by atoms with Crippen LogP contribution in [0.3, 0.4) is 0 Å². The highest BCUT2D eigenvalue weighted by Gasteiger charge is 2.38. The fourth-order valence-corrected chi connectivity index (χ4v) is 2.37. The van der Waals surface area contributed by atoms with Crippen LogP contribution in [0.15, 0.2) is 28.7 Å². The molecule has 76 valence electrons. The number of aliphatic hydroxyl groups excluding tert-OH is 1. The quantitative estimate of drug-likeness (QED) is 0.880. The summed E-state index contributed by atoms with van der Waals surface area (Å²) in [6.45, 7) is 2.20. The van der Waals surface area contributed by atoms with E-state index in [1.54, 1.807) is 0 Å². The monoisotopic (exact) mass is 254 g/mol. The third-order valence-corrected chi connectivity index (χ3v) is 3.83. The van der Waals surface area contributed by atoms with Gasteiger partial charge in [0, 0.05) is 4.47 Å². The average Bonchev–Trinajstić information content (AvgIpc) is 2.87. The second kappa shape index (κ2) is 4.03. The van der Waals surface area contributed by atoms with Crippen molar-refractivity contribution in [3.8, 4) is 0 Å². The van der Waals surface area contributed by atoms with E-state index in [4.69, 9.17) is 0 Å². The molecule has 0 radical (unpaired) electrons. The smallest absolute Gasteiger partial charge is 0.0611 e. The Bertz CT molecular complexity index is 324. The lowest BCUT2D eigenvalue weighted by atomic mass is 10.0. The van der Waals surface area contributed by atoms with Crippen molar-refractivity contribution in [3.05, 3.63) is 34.3 Å². The lowest BCUT2D eigenvalue weighted by Gasteiger charge is -2.10. The Balaban J connectivity index is 2.00. The van der Waals surface area contributed by atoms with Gasteiger partial charge in [-0.05, 0) is 36.3 Å². The molecular formula is C12H15BrO. The van der Waals surface area contributed by atoms with Crippen LogP contribution >= 0.6 is 15.9 Å². The van der Waals surface area contributed by atoms with Crippen LogP contribution in [0.1, 0.15) is 18.9 Å². The molecule has 1 nitrogen and oxygen atoms in total. The summed E-state index contributed by atoms with van der Waals surface area (Å²) in [4.78, 5) is 0. The Hall–Kier alpha value is -0.340. The first-order valence-corrected chi connectivity index (χ1v) is 5.89. The van der Waals surface area contributed by atoms with Gasteiger partial charge in [-0.25, -0.2) is 0 Å². The van der Waals surface area contributed by atoms with Crippen LogP contribution in [0.5, 0.6) is 0 Å². The van der Waals surface area contributed by atoms with Gasteiger partial charge in [0.1, 0.15) is 0 Å². The average molecular weight is 255 g/mol. The summed E-state index contributed by atoms with van der Waals surface area (Å²) in [6, 6.07) is 8.11. The molecule has 2 heteroatoms. The summed E-state index contributed by atoms with van der Waals surface area (Å²) < 4.78 is 1.10. The first kappa shape index (κ1) is 10.2. The molecule has 0 aliphatic heterocycles. The SMILES string of the molecule is CC1CC1C(O)Cc1ccccc1Br. The van der Waals surface area contributed by atoms with Gasteiger partial charge >= 0.3 is 0 Å². The predicted octanol–water partition coefficient (Wildman–Crippen LogP) is 3.01. The highest BCUT2D eigenvalue weighted by Crippen LogP contribution is 2.41. The zero-order valence-electron chi connectivity index (χ0n) is 8.28. The Morgan fingerprint density at radius 1 is 1.50 bits per heavy atom. The molecule has 3 unspecified atom stereocenters. The van der Waals surface area contributed by atoms with E-state index in [1.165, 1.54) is 12.0 Å². The number of rotatable bonds is 3. The van der Waals surface area contributed by atoms with Gasteiger partial charge in [-0.2, -0.15) is 0 Å². The first-order valence-electron chi connectivity index (χ1n) is 5.10. The molecule has 0 spiro atoms. The molecule has 0 amide bonds. The van der Waals surface area contributed by atoms with E-state index >= 15 is 0 Å². The fourth-order valence-electron chi connectivity index (χ4n) is 1.93. The minimum absolute atomic E-state index is 0.163. The number of benzene rings is 1. The third-order valence-electron chi connectivity index (χ3n) is 3.05. The zero-order chi connectivity index (χ0) is 10.1. The normalized spacial score (nSPS) is 27.4. The summed E-state index contributed by atoms with van der Waals surface area (Å²) >= 11 is 3.50. The number of aliphatic hydroxyl groups is 1. The van der Waals surface area contributed by atoms with Gasteiger partial charge in [-0.15, -0.1) is 0 Å². The molecule has 1 aliphatic carbocycles. The maximum absolute atomic E-state index is 9.92. The standard InChI is InChI=1S/C12H15BrO/c1-8-6-10(8)12(14)7-9-4-2-3-5-11(9)13/h2-5,8,10,12,14H,6-7H2,1H3. The van der Waals surface area contributed by atoms with Gasteiger partial charge in [0.2, 0.25) is 0 Å². The van der Waals surface area contributed by atoms with Gasteiger partial charge in [0.05, 0.1) is 6.10 Å². The van der Waals surface area contributed by atoms with Crippen molar-refractivity contribution in [2.75, 3.05) is 0 Å². The van der Waals surface area contributed by atoms with Crippen LogP contribution < -0.4 is 0 Å². The van der Waals surface area contributed by atoms with Crippen molar-refractivity contribution in [1.29, 1.82) is 0 Å². The molecule has 1 saturated carbocycles. The van der Waals surface area contributed by atoms with E-state index in [0.29, 0.717) is 11.8 Å². The van der Waals surface area contributed by atoms with E-state index in [-0.39, 0.29) is 6.10 Å². The van der Waals surface area contributed by atoms with Crippen molar-refractivity contribution in [2.45, 2.75) is 25.9 Å². The van der Waals surface area contributed by atoms with Crippen molar-refractivity contribution >= 4 is 15.9 Å². The van der Waals surface area contributed by atoms with Gasteiger partial charge in [-0.1, -0.05) is 41.1 Å². The molecule has 1 aromatic carbocycles. The maximum Gasteiger partial charge on any atom is 0.0611 e. The van der Waals surface area contributed by atoms with Gasteiger partial charge < -0.3 is 5.11 Å². The topological polar surface area (TPSA) is 20.2 Å². The number of hydrogen-bond donors (Lipinski definition) is 1. The Labute approximate surface area is 93.3 Å². The predicted molar refractivity (Wildman–Crippen MR) is 61.1 cm³/mol. The second-order valence-electron chi connectivity index (χ2n) is 4.24. The summed E-state index contributed by atoms with van der Waals surface area (Å²) in [5.41, 5.74) is 1.21. The van der Waals surface area contributed by atoms with Crippen LogP contribution in [0, 0.1) is 11.8 Å². The molecule has 0 aromatic heterocycles. The molecule has 1 N–H and O–H groups in total.